The Hall–Kier alpha value is -2.43. The van der Waals surface area contributed by atoms with Crippen LogP contribution in [0.15, 0.2) is 42.9 Å². The van der Waals surface area contributed by atoms with E-state index >= 15 is 0 Å². The number of carbonyl (C=O) groups excluding carboxylic acids is 1. The quantitative estimate of drug-likeness (QED) is 0.890. The fourth-order valence-electron chi connectivity index (χ4n) is 2.70. The highest BCUT2D eigenvalue weighted by Crippen LogP contribution is 2.18. The van der Waals surface area contributed by atoms with Crippen LogP contribution in [-0.2, 0) is 6.54 Å². The van der Waals surface area contributed by atoms with Crippen LogP contribution in [0.3, 0.4) is 0 Å². The van der Waals surface area contributed by atoms with Crippen molar-refractivity contribution in [3.63, 3.8) is 0 Å². The first kappa shape index (κ1) is 14.5. The standard InChI is InChI=1S/C17H20N4O/c22-17(21-14-3-1-2-4-14)16-11-15(7-10-19-16)20-12-13-5-8-18-9-6-13/h5-11,14H,1-4,12H2,(H,19,20)(H,21,22). The molecule has 114 valence electrons. The lowest BCUT2D eigenvalue weighted by Crippen LogP contribution is -2.33. The molecule has 1 amide bonds. The number of carbonyl (C=O) groups is 1. The van der Waals surface area contributed by atoms with E-state index in [1.807, 2.05) is 18.2 Å². The number of anilines is 1. The van der Waals surface area contributed by atoms with Crippen LogP contribution in [0.4, 0.5) is 5.69 Å². The Morgan fingerprint density at radius 2 is 1.91 bits per heavy atom. The van der Waals surface area contributed by atoms with Gasteiger partial charge < -0.3 is 10.6 Å². The Labute approximate surface area is 130 Å². The van der Waals surface area contributed by atoms with E-state index < -0.39 is 0 Å². The molecule has 0 atom stereocenters. The Morgan fingerprint density at radius 3 is 2.68 bits per heavy atom. The summed E-state index contributed by atoms with van der Waals surface area (Å²) in [7, 11) is 0. The summed E-state index contributed by atoms with van der Waals surface area (Å²) in [5, 5.41) is 6.36. The van der Waals surface area contributed by atoms with Crippen molar-refractivity contribution in [3.8, 4) is 0 Å². The smallest absolute Gasteiger partial charge is 0.270 e. The molecule has 0 aliphatic heterocycles. The number of rotatable bonds is 5. The van der Waals surface area contributed by atoms with Gasteiger partial charge in [0, 0.05) is 36.9 Å². The first-order valence-corrected chi connectivity index (χ1v) is 7.71. The third-order valence-electron chi connectivity index (χ3n) is 3.93. The lowest BCUT2D eigenvalue weighted by molar-refractivity contribution is 0.0933. The normalized spacial score (nSPS) is 14.7. The summed E-state index contributed by atoms with van der Waals surface area (Å²) in [6.45, 7) is 0.691. The van der Waals surface area contributed by atoms with E-state index in [-0.39, 0.29) is 5.91 Å². The lowest BCUT2D eigenvalue weighted by Gasteiger charge is -2.12. The van der Waals surface area contributed by atoms with Gasteiger partial charge in [-0.05, 0) is 42.7 Å². The van der Waals surface area contributed by atoms with Crippen molar-refractivity contribution in [2.75, 3.05) is 5.32 Å². The van der Waals surface area contributed by atoms with Crippen molar-refractivity contribution < 1.29 is 4.79 Å². The van der Waals surface area contributed by atoms with Gasteiger partial charge in [-0.1, -0.05) is 12.8 Å². The van der Waals surface area contributed by atoms with Gasteiger partial charge in [0.25, 0.3) is 5.91 Å². The summed E-state index contributed by atoms with van der Waals surface area (Å²) in [6.07, 6.45) is 9.75. The van der Waals surface area contributed by atoms with Gasteiger partial charge in [-0.15, -0.1) is 0 Å². The van der Waals surface area contributed by atoms with Crippen LogP contribution >= 0.6 is 0 Å². The molecule has 1 fully saturated rings. The Bertz CT molecular complexity index is 624. The average molecular weight is 296 g/mol. The summed E-state index contributed by atoms with van der Waals surface area (Å²) < 4.78 is 0. The van der Waals surface area contributed by atoms with Gasteiger partial charge in [0.1, 0.15) is 5.69 Å². The highest BCUT2D eigenvalue weighted by atomic mass is 16.1. The van der Waals surface area contributed by atoms with Gasteiger partial charge in [-0.3, -0.25) is 14.8 Å². The van der Waals surface area contributed by atoms with Crippen molar-refractivity contribution >= 4 is 11.6 Å². The van der Waals surface area contributed by atoms with Crippen molar-refractivity contribution in [1.82, 2.24) is 15.3 Å². The molecule has 1 saturated carbocycles. The zero-order valence-corrected chi connectivity index (χ0v) is 12.5. The van der Waals surface area contributed by atoms with Crippen LogP contribution in [0.1, 0.15) is 41.7 Å². The summed E-state index contributed by atoms with van der Waals surface area (Å²) in [4.78, 5) is 20.4. The van der Waals surface area contributed by atoms with E-state index in [1.54, 1.807) is 24.7 Å². The molecule has 0 saturated heterocycles. The largest absolute Gasteiger partial charge is 0.381 e. The number of amides is 1. The van der Waals surface area contributed by atoms with Gasteiger partial charge in [0.15, 0.2) is 0 Å². The molecule has 3 rings (SSSR count). The third-order valence-corrected chi connectivity index (χ3v) is 3.93. The zero-order valence-electron chi connectivity index (χ0n) is 12.5. The van der Waals surface area contributed by atoms with Crippen LogP contribution < -0.4 is 10.6 Å². The minimum absolute atomic E-state index is 0.0838. The van der Waals surface area contributed by atoms with Crippen LogP contribution in [-0.4, -0.2) is 21.9 Å². The molecule has 0 aromatic carbocycles. The zero-order chi connectivity index (χ0) is 15.2. The molecule has 1 aliphatic carbocycles. The number of hydrogen-bond donors (Lipinski definition) is 2. The monoisotopic (exact) mass is 296 g/mol. The molecule has 22 heavy (non-hydrogen) atoms. The summed E-state index contributed by atoms with van der Waals surface area (Å²) >= 11 is 0. The Kier molecular flexibility index (Phi) is 4.63. The van der Waals surface area contributed by atoms with Gasteiger partial charge in [0.05, 0.1) is 0 Å². The summed E-state index contributed by atoms with van der Waals surface area (Å²) in [6, 6.07) is 7.89. The molecular formula is C17H20N4O. The molecule has 0 unspecified atom stereocenters. The molecule has 2 heterocycles. The maximum Gasteiger partial charge on any atom is 0.270 e. The predicted molar refractivity (Wildman–Crippen MR) is 85.5 cm³/mol. The number of pyridine rings is 2. The van der Waals surface area contributed by atoms with Crippen molar-refractivity contribution in [2.45, 2.75) is 38.3 Å². The third kappa shape index (κ3) is 3.81. The molecule has 5 nitrogen and oxygen atoms in total. The van der Waals surface area contributed by atoms with Crippen LogP contribution in [0.25, 0.3) is 0 Å². The second-order valence-electron chi connectivity index (χ2n) is 5.59. The predicted octanol–water partition coefficient (Wildman–Crippen LogP) is 2.76. The minimum atomic E-state index is -0.0838. The minimum Gasteiger partial charge on any atom is -0.381 e. The Balaban J connectivity index is 1.60. The topological polar surface area (TPSA) is 66.9 Å². The average Bonchev–Trinajstić information content (AvgIpc) is 3.07. The van der Waals surface area contributed by atoms with Gasteiger partial charge in [0.2, 0.25) is 0 Å². The SMILES string of the molecule is O=C(NC1CCCC1)c1cc(NCc2ccncc2)ccn1. The van der Waals surface area contributed by atoms with E-state index in [4.69, 9.17) is 0 Å². The van der Waals surface area contributed by atoms with Crippen LogP contribution in [0, 0.1) is 0 Å². The number of aromatic nitrogens is 2. The van der Waals surface area contributed by atoms with Gasteiger partial charge in [-0.2, -0.15) is 0 Å². The number of hydrogen-bond acceptors (Lipinski definition) is 4. The molecule has 2 aromatic rings. The van der Waals surface area contributed by atoms with Gasteiger partial charge >= 0.3 is 0 Å². The molecule has 0 bridgehead atoms. The molecule has 2 N–H and O–H groups in total. The molecule has 0 radical (unpaired) electrons. The van der Waals surface area contributed by atoms with Crippen molar-refractivity contribution in [2.24, 2.45) is 0 Å². The van der Waals surface area contributed by atoms with E-state index in [1.165, 1.54) is 12.8 Å². The van der Waals surface area contributed by atoms with Crippen molar-refractivity contribution in [3.05, 3.63) is 54.1 Å². The molecule has 0 spiro atoms. The summed E-state index contributed by atoms with van der Waals surface area (Å²) in [5.74, 6) is -0.0838. The van der Waals surface area contributed by atoms with E-state index in [0.29, 0.717) is 18.3 Å². The highest BCUT2D eigenvalue weighted by molar-refractivity contribution is 5.93. The van der Waals surface area contributed by atoms with E-state index in [9.17, 15) is 4.79 Å². The first-order chi connectivity index (χ1) is 10.8. The highest BCUT2D eigenvalue weighted by Gasteiger charge is 2.18. The van der Waals surface area contributed by atoms with Gasteiger partial charge in [-0.25, -0.2) is 0 Å². The number of nitrogens with one attached hydrogen (secondary N) is 2. The Morgan fingerprint density at radius 1 is 1.14 bits per heavy atom. The van der Waals surface area contributed by atoms with Crippen LogP contribution in [0.5, 0.6) is 0 Å². The van der Waals surface area contributed by atoms with E-state index in [2.05, 4.69) is 20.6 Å². The van der Waals surface area contributed by atoms with Crippen molar-refractivity contribution in [1.29, 1.82) is 0 Å². The summed E-state index contributed by atoms with van der Waals surface area (Å²) in [5.41, 5.74) is 2.50. The molecule has 5 heteroatoms. The maximum absolute atomic E-state index is 12.2. The fourth-order valence-corrected chi connectivity index (χ4v) is 2.70. The number of nitrogens with zero attached hydrogens (tertiary/aromatic N) is 2. The fraction of sp³-hybridized carbons (Fsp3) is 0.353. The molecule has 2 aromatic heterocycles. The van der Waals surface area contributed by atoms with Crippen LogP contribution in [0.2, 0.25) is 0 Å². The molecule has 1 aliphatic rings. The molecular weight excluding hydrogens is 276 g/mol. The first-order valence-electron chi connectivity index (χ1n) is 7.71. The second kappa shape index (κ2) is 7.02. The maximum atomic E-state index is 12.2. The van der Waals surface area contributed by atoms with E-state index in [0.717, 1.165) is 24.1 Å². The lowest BCUT2D eigenvalue weighted by atomic mass is 10.2. The second-order valence-corrected chi connectivity index (χ2v) is 5.59.